The van der Waals surface area contributed by atoms with Crippen LogP contribution in [0.3, 0.4) is 0 Å². The van der Waals surface area contributed by atoms with E-state index in [0.717, 1.165) is 18.5 Å². The second-order valence-corrected chi connectivity index (χ2v) is 4.15. The first-order valence-corrected chi connectivity index (χ1v) is 5.48. The zero-order chi connectivity index (χ0) is 11.5. The first-order chi connectivity index (χ1) is 7.65. The lowest BCUT2D eigenvalue weighted by atomic mass is 10.0. The molecule has 0 fully saturated rings. The Hall–Kier alpha value is -1.35. The number of benzene rings is 1. The number of carbonyl (C=O) groups is 1. The van der Waals surface area contributed by atoms with Crippen molar-refractivity contribution < 1.29 is 9.18 Å². The molecule has 1 aliphatic carbocycles. The largest absolute Gasteiger partial charge is 0.359 e. The lowest BCUT2D eigenvalue weighted by Crippen LogP contribution is -2.09. The standard InChI is InChI=1S/C12H11ClFNO/c13-11-7-9(4-5-12(11)14)15-8-2-1-3-10(16)6-8/h4-7,15H,1-3H2. The first kappa shape index (κ1) is 11.1. The third-order valence-electron chi connectivity index (χ3n) is 2.43. The molecule has 84 valence electrons. The minimum atomic E-state index is -0.444. The van der Waals surface area contributed by atoms with Crippen molar-refractivity contribution in [2.24, 2.45) is 0 Å². The molecular formula is C12H11ClFNO. The molecule has 0 saturated carbocycles. The molecule has 0 atom stereocenters. The highest BCUT2D eigenvalue weighted by molar-refractivity contribution is 6.31. The summed E-state index contributed by atoms with van der Waals surface area (Å²) in [6, 6.07) is 4.41. The number of ketones is 1. The maximum Gasteiger partial charge on any atom is 0.157 e. The van der Waals surface area contributed by atoms with Crippen molar-refractivity contribution in [2.45, 2.75) is 19.3 Å². The van der Waals surface area contributed by atoms with Crippen LogP contribution in [-0.4, -0.2) is 5.78 Å². The predicted octanol–water partition coefficient (Wildman–Crippen LogP) is 3.53. The van der Waals surface area contributed by atoms with Gasteiger partial charge < -0.3 is 5.32 Å². The molecule has 0 aliphatic heterocycles. The summed E-state index contributed by atoms with van der Waals surface area (Å²) >= 11 is 5.66. The van der Waals surface area contributed by atoms with Crippen LogP contribution in [0.4, 0.5) is 10.1 Å². The van der Waals surface area contributed by atoms with Gasteiger partial charge >= 0.3 is 0 Å². The second-order valence-electron chi connectivity index (χ2n) is 3.74. The van der Waals surface area contributed by atoms with Gasteiger partial charge in [0.1, 0.15) is 5.82 Å². The van der Waals surface area contributed by atoms with Gasteiger partial charge in [0.05, 0.1) is 5.02 Å². The fourth-order valence-electron chi connectivity index (χ4n) is 1.65. The molecular weight excluding hydrogens is 229 g/mol. The molecule has 0 saturated heterocycles. The van der Waals surface area contributed by atoms with E-state index in [2.05, 4.69) is 5.32 Å². The van der Waals surface area contributed by atoms with Crippen molar-refractivity contribution in [2.75, 3.05) is 5.32 Å². The number of carbonyl (C=O) groups excluding carboxylic acids is 1. The molecule has 1 aliphatic rings. The van der Waals surface area contributed by atoms with E-state index in [9.17, 15) is 9.18 Å². The molecule has 0 radical (unpaired) electrons. The van der Waals surface area contributed by atoms with Crippen molar-refractivity contribution in [3.05, 3.63) is 40.8 Å². The molecule has 0 bridgehead atoms. The Labute approximate surface area is 98.1 Å². The van der Waals surface area contributed by atoms with Gasteiger partial charge in [-0.3, -0.25) is 4.79 Å². The zero-order valence-corrected chi connectivity index (χ0v) is 9.35. The van der Waals surface area contributed by atoms with Gasteiger partial charge in [0, 0.05) is 23.9 Å². The van der Waals surface area contributed by atoms with Crippen LogP contribution in [0, 0.1) is 5.82 Å². The minimum absolute atomic E-state index is 0.0766. The summed E-state index contributed by atoms with van der Waals surface area (Å²) in [4.78, 5) is 11.2. The van der Waals surface area contributed by atoms with Gasteiger partial charge in [0.15, 0.2) is 5.78 Å². The van der Waals surface area contributed by atoms with Crippen molar-refractivity contribution in [1.82, 2.24) is 0 Å². The Morgan fingerprint density at radius 2 is 2.12 bits per heavy atom. The van der Waals surface area contributed by atoms with Crippen LogP contribution < -0.4 is 5.32 Å². The van der Waals surface area contributed by atoms with Gasteiger partial charge in [-0.25, -0.2) is 4.39 Å². The molecule has 2 rings (SSSR count). The molecule has 0 spiro atoms. The zero-order valence-electron chi connectivity index (χ0n) is 8.59. The van der Waals surface area contributed by atoms with Crippen LogP contribution in [-0.2, 0) is 4.79 Å². The third-order valence-corrected chi connectivity index (χ3v) is 2.72. The van der Waals surface area contributed by atoms with Crippen molar-refractivity contribution in [1.29, 1.82) is 0 Å². The van der Waals surface area contributed by atoms with Gasteiger partial charge in [-0.2, -0.15) is 0 Å². The van der Waals surface area contributed by atoms with Gasteiger partial charge in [0.2, 0.25) is 0 Å². The number of allylic oxidation sites excluding steroid dienone is 2. The Kier molecular flexibility index (Phi) is 3.25. The molecule has 0 aromatic heterocycles. The van der Waals surface area contributed by atoms with Crippen LogP contribution in [0.15, 0.2) is 30.0 Å². The Morgan fingerprint density at radius 1 is 1.31 bits per heavy atom. The molecule has 2 nitrogen and oxygen atoms in total. The van der Waals surface area contributed by atoms with E-state index >= 15 is 0 Å². The fraction of sp³-hybridized carbons (Fsp3) is 0.250. The summed E-state index contributed by atoms with van der Waals surface area (Å²) in [5.41, 5.74) is 1.56. The van der Waals surface area contributed by atoms with Gasteiger partial charge in [0.25, 0.3) is 0 Å². The number of rotatable bonds is 2. The quantitative estimate of drug-likeness (QED) is 0.856. The SMILES string of the molecule is O=C1C=C(Nc2ccc(F)c(Cl)c2)CCC1. The van der Waals surface area contributed by atoms with Crippen LogP contribution in [0.2, 0.25) is 5.02 Å². The van der Waals surface area contributed by atoms with Crippen molar-refractivity contribution in [3.8, 4) is 0 Å². The third kappa shape index (κ3) is 2.61. The molecule has 0 unspecified atom stereocenters. The van der Waals surface area contributed by atoms with Crippen LogP contribution >= 0.6 is 11.6 Å². The average Bonchev–Trinajstić information content (AvgIpc) is 2.24. The monoisotopic (exact) mass is 239 g/mol. The molecule has 1 aromatic carbocycles. The molecule has 16 heavy (non-hydrogen) atoms. The Balaban J connectivity index is 2.14. The van der Waals surface area contributed by atoms with Crippen molar-refractivity contribution >= 4 is 23.1 Å². The maximum absolute atomic E-state index is 12.9. The topological polar surface area (TPSA) is 29.1 Å². The molecule has 4 heteroatoms. The van der Waals surface area contributed by atoms with Crippen LogP contribution in [0.5, 0.6) is 0 Å². The predicted molar refractivity (Wildman–Crippen MR) is 62.0 cm³/mol. The molecule has 1 aromatic rings. The minimum Gasteiger partial charge on any atom is -0.359 e. The van der Waals surface area contributed by atoms with E-state index in [1.54, 1.807) is 12.1 Å². The number of hydrogen-bond donors (Lipinski definition) is 1. The fourth-order valence-corrected chi connectivity index (χ4v) is 1.83. The summed E-state index contributed by atoms with van der Waals surface area (Å²) in [5.74, 6) is -0.317. The second kappa shape index (κ2) is 4.66. The van der Waals surface area contributed by atoms with E-state index < -0.39 is 5.82 Å². The Bertz CT molecular complexity index is 456. The summed E-state index contributed by atoms with van der Waals surface area (Å²) < 4.78 is 12.9. The van der Waals surface area contributed by atoms with E-state index in [1.165, 1.54) is 12.1 Å². The summed E-state index contributed by atoms with van der Waals surface area (Å²) in [7, 11) is 0. The summed E-state index contributed by atoms with van der Waals surface area (Å²) in [6.07, 6.45) is 3.89. The van der Waals surface area contributed by atoms with E-state index in [-0.39, 0.29) is 10.8 Å². The first-order valence-electron chi connectivity index (χ1n) is 5.10. The van der Waals surface area contributed by atoms with Gasteiger partial charge in [-0.05, 0) is 31.0 Å². The number of hydrogen-bond acceptors (Lipinski definition) is 2. The van der Waals surface area contributed by atoms with Gasteiger partial charge in [-0.15, -0.1) is 0 Å². The van der Waals surface area contributed by atoms with E-state index in [4.69, 9.17) is 11.6 Å². The number of halogens is 2. The summed E-state index contributed by atoms with van der Waals surface area (Å²) in [5, 5.41) is 3.15. The number of anilines is 1. The number of nitrogens with one attached hydrogen (secondary N) is 1. The van der Waals surface area contributed by atoms with E-state index in [1.807, 2.05) is 0 Å². The molecule has 0 heterocycles. The summed E-state index contributed by atoms with van der Waals surface area (Å²) in [6.45, 7) is 0. The van der Waals surface area contributed by atoms with Crippen LogP contribution in [0.1, 0.15) is 19.3 Å². The highest BCUT2D eigenvalue weighted by Crippen LogP contribution is 2.23. The highest BCUT2D eigenvalue weighted by Gasteiger charge is 2.10. The van der Waals surface area contributed by atoms with Crippen molar-refractivity contribution in [3.63, 3.8) is 0 Å². The lowest BCUT2D eigenvalue weighted by Gasteiger charge is -2.14. The van der Waals surface area contributed by atoms with E-state index in [0.29, 0.717) is 12.1 Å². The highest BCUT2D eigenvalue weighted by atomic mass is 35.5. The Morgan fingerprint density at radius 3 is 2.81 bits per heavy atom. The normalized spacial score (nSPS) is 15.9. The smallest absolute Gasteiger partial charge is 0.157 e. The van der Waals surface area contributed by atoms with Gasteiger partial charge in [-0.1, -0.05) is 11.6 Å². The average molecular weight is 240 g/mol. The molecule has 0 amide bonds. The lowest BCUT2D eigenvalue weighted by molar-refractivity contribution is -0.115. The van der Waals surface area contributed by atoms with Crippen LogP contribution in [0.25, 0.3) is 0 Å². The molecule has 1 N–H and O–H groups in total. The maximum atomic E-state index is 12.9.